The molecule has 1 rings (SSSR count). The molecule has 1 N–H and O–H groups in total. The molecule has 3 nitrogen and oxygen atoms in total. The molecular weight excluding hydrogens is 178 g/mol. The van der Waals surface area contributed by atoms with Gasteiger partial charge >= 0.3 is 0 Å². The Bertz CT molecular complexity index is 163. The predicted octanol–water partition coefficient (Wildman–Crippen LogP) is 1.12. The molecule has 2 atom stereocenters. The Kier molecular flexibility index (Phi) is 4.35. The fourth-order valence-electron chi connectivity index (χ4n) is 1.87. The fourth-order valence-corrected chi connectivity index (χ4v) is 1.87. The standard InChI is InChI=1S/C11H23NO2/c1-4-11(2,9-13)8-12(3)10-5-6-14-7-10/h10,13H,4-9H2,1-3H3. The summed E-state index contributed by atoms with van der Waals surface area (Å²) in [7, 11) is 2.13. The highest BCUT2D eigenvalue weighted by Crippen LogP contribution is 2.23. The van der Waals surface area contributed by atoms with Gasteiger partial charge in [-0.05, 0) is 19.9 Å². The Morgan fingerprint density at radius 2 is 2.29 bits per heavy atom. The normalized spacial score (nSPS) is 26.8. The minimum absolute atomic E-state index is 0.0390. The van der Waals surface area contributed by atoms with Crippen LogP contribution >= 0.6 is 0 Å². The zero-order chi connectivity index (χ0) is 10.6. The molecule has 84 valence electrons. The molecule has 0 spiro atoms. The molecule has 0 aromatic heterocycles. The fraction of sp³-hybridized carbons (Fsp3) is 1.00. The van der Waals surface area contributed by atoms with Gasteiger partial charge in [0.15, 0.2) is 0 Å². The van der Waals surface area contributed by atoms with Crippen LogP contribution in [0.2, 0.25) is 0 Å². The quantitative estimate of drug-likeness (QED) is 0.723. The summed E-state index contributed by atoms with van der Waals surface area (Å²) in [4.78, 5) is 2.33. The summed E-state index contributed by atoms with van der Waals surface area (Å²) in [6, 6.07) is 0.549. The average molecular weight is 201 g/mol. The highest BCUT2D eigenvalue weighted by Gasteiger charge is 2.28. The van der Waals surface area contributed by atoms with Gasteiger partial charge in [0.05, 0.1) is 6.61 Å². The van der Waals surface area contributed by atoms with Crippen molar-refractivity contribution in [3.63, 3.8) is 0 Å². The summed E-state index contributed by atoms with van der Waals surface area (Å²) >= 11 is 0. The Labute approximate surface area is 87.1 Å². The molecule has 1 saturated heterocycles. The van der Waals surface area contributed by atoms with Gasteiger partial charge in [0.25, 0.3) is 0 Å². The Morgan fingerprint density at radius 3 is 2.71 bits per heavy atom. The lowest BCUT2D eigenvalue weighted by atomic mass is 9.87. The number of ether oxygens (including phenoxy) is 1. The molecule has 2 unspecified atom stereocenters. The highest BCUT2D eigenvalue weighted by atomic mass is 16.5. The first-order chi connectivity index (χ1) is 6.61. The molecule has 1 heterocycles. The van der Waals surface area contributed by atoms with Gasteiger partial charge < -0.3 is 14.7 Å². The molecule has 0 aromatic rings. The van der Waals surface area contributed by atoms with Gasteiger partial charge in [-0.25, -0.2) is 0 Å². The van der Waals surface area contributed by atoms with Crippen molar-refractivity contribution in [2.45, 2.75) is 32.7 Å². The van der Waals surface area contributed by atoms with Crippen molar-refractivity contribution in [2.75, 3.05) is 33.4 Å². The lowest BCUT2D eigenvalue weighted by molar-refractivity contribution is 0.0721. The predicted molar refractivity (Wildman–Crippen MR) is 57.3 cm³/mol. The van der Waals surface area contributed by atoms with E-state index in [1.807, 2.05) is 0 Å². The molecule has 3 heteroatoms. The van der Waals surface area contributed by atoms with E-state index in [0.29, 0.717) is 6.04 Å². The minimum Gasteiger partial charge on any atom is -0.396 e. The Balaban J connectivity index is 2.41. The van der Waals surface area contributed by atoms with Gasteiger partial charge in [0.2, 0.25) is 0 Å². The van der Waals surface area contributed by atoms with Crippen molar-refractivity contribution < 1.29 is 9.84 Å². The summed E-state index contributed by atoms with van der Waals surface area (Å²) < 4.78 is 5.36. The van der Waals surface area contributed by atoms with Crippen LogP contribution in [0.15, 0.2) is 0 Å². The molecule has 1 fully saturated rings. The molecule has 1 aliphatic heterocycles. The first kappa shape index (κ1) is 12.0. The van der Waals surface area contributed by atoms with E-state index in [1.165, 1.54) is 0 Å². The van der Waals surface area contributed by atoms with E-state index in [2.05, 4.69) is 25.8 Å². The molecule has 0 saturated carbocycles. The number of aliphatic hydroxyl groups excluding tert-OH is 1. The third-order valence-corrected chi connectivity index (χ3v) is 3.40. The number of aliphatic hydroxyl groups is 1. The van der Waals surface area contributed by atoms with Crippen molar-refractivity contribution in [2.24, 2.45) is 5.41 Å². The van der Waals surface area contributed by atoms with E-state index in [4.69, 9.17) is 4.74 Å². The molecule has 14 heavy (non-hydrogen) atoms. The molecule has 0 amide bonds. The first-order valence-electron chi connectivity index (χ1n) is 5.50. The van der Waals surface area contributed by atoms with Crippen LogP contribution in [0.3, 0.4) is 0 Å². The second-order valence-corrected chi connectivity index (χ2v) is 4.75. The van der Waals surface area contributed by atoms with Crippen LogP contribution in [0.25, 0.3) is 0 Å². The smallest absolute Gasteiger partial charge is 0.0622 e. The zero-order valence-corrected chi connectivity index (χ0v) is 9.62. The van der Waals surface area contributed by atoms with Crippen LogP contribution < -0.4 is 0 Å². The first-order valence-corrected chi connectivity index (χ1v) is 5.50. The Hall–Kier alpha value is -0.120. The second kappa shape index (κ2) is 5.10. The monoisotopic (exact) mass is 201 g/mol. The summed E-state index contributed by atoms with van der Waals surface area (Å²) in [6.07, 6.45) is 2.14. The van der Waals surface area contributed by atoms with Gasteiger partial charge in [-0.2, -0.15) is 0 Å². The van der Waals surface area contributed by atoms with Crippen LogP contribution in [0.5, 0.6) is 0 Å². The number of hydrogen-bond donors (Lipinski definition) is 1. The summed E-state index contributed by atoms with van der Waals surface area (Å²) in [5.41, 5.74) is 0.0390. The van der Waals surface area contributed by atoms with Gasteiger partial charge in [-0.3, -0.25) is 0 Å². The molecule has 0 bridgehead atoms. The summed E-state index contributed by atoms with van der Waals surface area (Å²) in [5, 5.41) is 9.32. The maximum atomic E-state index is 9.32. The van der Waals surface area contributed by atoms with Crippen molar-refractivity contribution in [1.82, 2.24) is 4.90 Å². The number of rotatable bonds is 5. The van der Waals surface area contributed by atoms with E-state index in [0.717, 1.165) is 32.6 Å². The maximum absolute atomic E-state index is 9.32. The topological polar surface area (TPSA) is 32.7 Å². The Morgan fingerprint density at radius 1 is 1.57 bits per heavy atom. The van der Waals surface area contributed by atoms with E-state index in [1.54, 1.807) is 0 Å². The SMILES string of the molecule is CCC(C)(CO)CN(C)C1CCOC1. The molecule has 0 aliphatic carbocycles. The number of hydrogen-bond acceptors (Lipinski definition) is 3. The van der Waals surface area contributed by atoms with Gasteiger partial charge in [0, 0.05) is 31.2 Å². The molecular formula is C11H23NO2. The van der Waals surface area contributed by atoms with Crippen LogP contribution in [0.4, 0.5) is 0 Å². The molecule has 1 aliphatic rings. The largest absolute Gasteiger partial charge is 0.396 e. The summed E-state index contributed by atoms with van der Waals surface area (Å²) in [5.74, 6) is 0. The zero-order valence-electron chi connectivity index (χ0n) is 9.62. The van der Waals surface area contributed by atoms with Crippen molar-refractivity contribution in [3.8, 4) is 0 Å². The number of nitrogens with zero attached hydrogens (tertiary/aromatic N) is 1. The lowest BCUT2D eigenvalue weighted by Gasteiger charge is -2.33. The average Bonchev–Trinajstić information content (AvgIpc) is 2.70. The van der Waals surface area contributed by atoms with Gasteiger partial charge in [-0.15, -0.1) is 0 Å². The van der Waals surface area contributed by atoms with Crippen molar-refractivity contribution >= 4 is 0 Å². The van der Waals surface area contributed by atoms with Crippen molar-refractivity contribution in [1.29, 1.82) is 0 Å². The third kappa shape index (κ3) is 2.94. The van der Waals surface area contributed by atoms with Crippen LogP contribution in [0, 0.1) is 5.41 Å². The molecule has 0 aromatic carbocycles. The van der Waals surface area contributed by atoms with Crippen LogP contribution in [-0.4, -0.2) is 49.5 Å². The van der Waals surface area contributed by atoms with Crippen molar-refractivity contribution in [3.05, 3.63) is 0 Å². The third-order valence-electron chi connectivity index (χ3n) is 3.40. The van der Waals surface area contributed by atoms with Crippen LogP contribution in [0.1, 0.15) is 26.7 Å². The molecule has 0 radical (unpaired) electrons. The van der Waals surface area contributed by atoms with E-state index < -0.39 is 0 Å². The van der Waals surface area contributed by atoms with Crippen LogP contribution in [-0.2, 0) is 4.74 Å². The van der Waals surface area contributed by atoms with E-state index in [9.17, 15) is 5.11 Å². The van der Waals surface area contributed by atoms with E-state index in [-0.39, 0.29) is 12.0 Å². The summed E-state index contributed by atoms with van der Waals surface area (Å²) in [6.45, 7) is 7.22. The van der Waals surface area contributed by atoms with E-state index >= 15 is 0 Å². The lowest BCUT2D eigenvalue weighted by Crippen LogP contribution is -2.41. The highest BCUT2D eigenvalue weighted by molar-refractivity contribution is 4.80. The minimum atomic E-state index is 0.0390. The van der Waals surface area contributed by atoms with Gasteiger partial charge in [-0.1, -0.05) is 13.8 Å². The number of likely N-dealkylation sites (N-methyl/N-ethyl adjacent to an activating group) is 1. The maximum Gasteiger partial charge on any atom is 0.0622 e. The van der Waals surface area contributed by atoms with Gasteiger partial charge in [0.1, 0.15) is 0 Å². The second-order valence-electron chi connectivity index (χ2n) is 4.75.